The molecule has 0 heteroatoms. The Hall–Kier alpha value is -0.520. The third kappa shape index (κ3) is 1.80. The maximum atomic E-state index is 2.42. The molecule has 1 fully saturated rings. The van der Waals surface area contributed by atoms with Crippen molar-refractivity contribution in [3.8, 4) is 0 Å². The molecule has 0 saturated heterocycles. The Morgan fingerprint density at radius 3 is 2.57 bits per heavy atom. The van der Waals surface area contributed by atoms with Crippen LogP contribution in [0.5, 0.6) is 0 Å². The minimum atomic E-state index is 0.762. The highest BCUT2D eigenvalue weighted by atomic mass is 14.3. The number of hydrogen-bond acceptors (Lipinski definition) is 0. The molecule has 2 aliphatic carbocycles. The Labute approximate surface area is 88.1 Å². The molecule has 0 radical (unpaired) electrons. The first-order valence-corrected chi connectivity index (χ1v) is 6.23. The summed E-state index contributed by atoms with van der Waals surface area (Å²) >= 11 is 0. The van der Waals surface area contributed by atoms with Gasteiger partial charge < -0.3 is 0 Å². The molecule has 0 amide bonds. The fourth-order valence-electron chi connectivity index (χ4n) is 3.04. The van der Waals surface area contributed by atoms with Crippen molar-refractivity contribution >= 4 is 0 Å². The average Bonchev–Trinajstić information content (AvgIpc) is 2.77. The number of rotatable bonds is 3. The molecule has 1 atom stereocenters. The van der Waals surface area contributed by atoms with Crippen LogP contribution in [0.2, 0.25) is 0 Å². The molecular weight excluding hydrogens is 168 g/mol. The van der Waals surface area contributed by atoms with E-state index in [1.165, 1.54) is 38.5 Å². The number of allylic oxidation sites excluding steroid dienone is 4. The first kappa shape index (κ1) is 10.0. The maximum absolute atomic E-state index is 2.42. The van der Waals surface area contributed by atoms with E-state index < -0.39 is 0 Å². The maximum Gasteiger partial charge on any atom is -0.00124 e. The molecule has 0 aromatic carbocycles. The molecule has 0 spiro atoms. The monoisotopic (exact) mass is 190 g/mol. The zero-order chi connectivity index (χ0) is 9.97. The second-order valence-electron chi connectivity index (χ2n) is 4.86. The Bertz CT molecular complexity index is 251. The van der Waals surface area contributed by atoms with Crippen LogP contribution in [0.3, 0.4) is 0 Å². The molecule has 14 heavy (non-hydrogen) atoms. The Kier molecular flexibility index (Phi) is 3.10. The van der Waals surface area contributed by atoms with Crippen molar-refractivity contribution in [3.05, 3.63) is 23.3 Å². The zero-order valence-electron chi connectivity index (χ0n) is 9.55. The minimum Gasteiger partial charge on any atom is -0.0651 e. The van der Waals surface area contributed by atoms with Crippen LogP contribution in [0, 0.1) is 11.8 Å². The van der Waals surface area contributed by atoms with E-state index >= 15 is 0 Å². The van der Waals surface area contributed by atoms with Gasteiger partial charge in [-0.2, -0.15) is 0 Å². The third-order valence-electron chi connectivity index (χ3n) is 3.91. The molecule has 1 saturated carbocycles. The largest absolute Gasteiger partial charge is 0.0651 e. The van der Waals surface area contributed by atoms with E-state index in [0.29, 0.717) is 0 Å². The molecular formula is C14H22. The topological polar surface area (TPSA) is 0 Å². The van der Waals surface area contributed by atoms with E-state index in [1.807, 2.05) is 0 Å². The smallest absolute Gasteiger partial charge is 0.00124 e. The summed E-state index contributed by atoms with van der Waals surface area (Å²) in [5, 5.41) is 0. The molecule has 0 aromatic heterocycles. The van der Waals surface area contributed by atoms with Gasteiger partial charge in [-0.15, -0.1) is 0 Å². The summed E-state index contributed by atoms with van der Waals surface area (Å²) in [6.45, 7) is 4.68. The van der Waals surface area contributed by atoms with Crippen molar-refractivity contribution in [2.24, 2.45) is 11.8 Å². The fraction of sp³-hybridized carbons (Fsp3) is 0.714. The lowest BCUT2D eigenvalue weighted by atomic mass is 9.86. The van der Waals surface area contributed by atoms with Gasteiger partial charge in [0.15, 0.2) is 0 Å². The first-order chi connectivity index (χ1) is 6.83. The predicted molar refractivity (Wildman–Crippen MR) is 62.2 cm³/mol. The van der Waals surface area contributed by atoms with Gasteiger partial charge >= 0.3 is 0 Å². The van der Waals surface area contributed by atoms with Crippen LogP contribution in [0.15, 0.2) is 23.3 Å². The van der Waals surface area contributed by atoms with Crippen LogP contribution in [-0.4, -0.2) is 0 Å². The van der Waals surface area contributed by atoms with Crippen molar-refractivity contribution in [3.63, 3.8) is 0 Å². The lowest BCUT2D eigenvalue weighted by molar-refractivity contribution is 0.568. The van der Waals surface area contributed by atoms with Crippen LogP contribution >= 0.6 is 0 Å². The summed E-state index contributed by atoms with van der Waals surface area (Å²) in [7, 11) is 0. The summed E-state index contributed by atoms with van der Waals surface area (Å²) in [6, 6.07) is 0. The van der Waals surface area contributed by atoms with Crippen molar-refractivity contribution < 1.29 is 0 Å². The van der Waals surface area contributed by atoms with Gasteiger partial charge in [-0.1, -0.05) is 56.4 Å². The van der Waals surface area contributed by atoms with Crippen LogP contribution in [-0.2, 0) is 0 Å². The van der Waals surface area contributed by atoms with E-state index in [1.54, 1.807) is 11.1 Å². The van der Waals surface area contributed by atoms with Crippen molar-refractivity contribution in [1.29, 1.82) is 0 Å². The zero-order valence-corrected chi connectivity index (χ0v) is 9.55. The van der Waals surface area contributed by atoms with Crippen LogP contribution in [0.1, 0.15) is 52.4 Å². The molecule has 1 unspecified atom stereocenters. The highest BCUT2D eigenvalue weighted by Crippen LogP contribution is 2.40. The summed E-state index contributed by atoms with van der Waals surface area (Å²) in [5.74, 6) is 1.69. The molecule has 0 nitrogen and oxygen atoms in total. The Balaban J connectivity index is 1.98. The van der Waals surface area contributed by atoms with E-state index in [0.717, 1.165) is 11.8 Å². The summed E-state index contributed by atoms with van der Waals surface area (Å²) in [5.41, 5.74) is 3.42. The summed E-state index contributed by atoms with van der Waals surface area (Å²) in [6.07, 6.45) is 13.2. The predicted octanol–water partition coefficient (Wildman–Crippen LogP) is 4.48. The van der Waals surface area contributed by atoms with Crippen LogP contribution in [0.25, 0.3) is 0 Å². The minimum absolute atomic E-state index is 0.762. The van der Waals surface area contributed by atoms with Crippen molar-refractivity contribution in [2.45, 2.75) is 52.4 Å². The Morgan fingerprint density at radius 1 is 1.21 bits per heavy atom. The molecule has 78 valence electrons. The van der Waals surface area contributed by atoms with Gasteiger partial charge in [0, 0.05) is 0 Å². The fourth-order valence-corrected chi connectivity index (χ4v) is 3.04. The van der Waals surface area contributed by atoms with Crippen molar-refractivity contribution in [2.75, 3.05) is 0 Å². The second kappa shape index (κ2) is 4.33. The molecule has 2 aliphatic rings. The molecule has 0 heterocycles. The third-order valence-corrected chi connectivity index (χ3v) is 3.91. The lowest BCUT2D eigenvalue weighted by Gasteiger charge is -2.19. The molecule has 0 N–H and O–H groups in total. The quantitative estimate of drug-likeness (QED) is 0.615. The van der Waals surface area contributed by atoms with Gasteiger partial charge in [0.25, 0.3) is 0 Å². The molecule has 0 bridgehead atoms. The van der Waals surface area contributed by atoms with Gasteiger partial charge in [-0.25, -0.2) is 0 Å². The van der Waals surface area contributed by atoms with Gasteiger partial charge in [0.1, 0.15) is 0 Å². The van der Waals surface area contributed by atoms with Gasteiger partial charge in [0.2, 0.25) is 0 Å². The van der Waals surface area contributed by atoms with Crippen LogP contribution in [0.4, 0.5) is 0 Å². The highest BCUT2D eigenvalue weighted by Gasteiger charge is 2.26. The van der Waals surface area contributed by atoms with E-state index in [2.05, 4.69) is 26.0 Å². The lowest BCUT2D eigenvalue weighted by Crippen LogP contribution is -2.07. The molecule has 0 aromatic rings. The highest BCUT2D eigenvalue weighted by molar-refractivity contribution is 5.35. The number of hydrogen-bond donors (Lipinski definition) is 0. The van der Waals surface area contributed by atoms with E-state index in [-0.39, 0.29) is 0 Å². The summed E-state index contributed by atoms with van der Waals surface area (Å²) < 4.78 is 0. The van der Waals surface area contributed by atoms with Gasteiger partial charge in [-0.05, 0) is 31.1 Å². The van der Waals surface area contributed by atoms with Crippen molar-refractivity contribution in [1.82, 2.24) is 0 Å². The first-order valence-electron chi connectivity index (χ1n) is 6.23. The van der Waals surface area contributed by atoms with Gasteiger partial charge in [0.05, 0.1) is 0 Å². The van der Waals surface area contributed by atoms with Gasteiger partial charge in [-0.3, -0.25) is 0 Å². The Morgan fingerprint density at radius 2 is 1.93 bits per heavy atom. The molecule has 2 rings (SSSR count). The van der Waals surface area contributed by atoms with Crippen LogP contribution < -0.4 is 0 Å². The standard InChI is InChI=1S/C14H22/c1-3-6-12-9-10-14(11(12)2)13-7-4-5-8-13/h9-11,13H,3-8H2,1-2H3. The van der Waals surface area contributed by atoms with E-state index in [4.69, 9.17) is 0 Å². The summed E-state index contributed by atoms with van der Waals surface area (Å²) in [4.78, 5) is 0. The molecule has 0 aliphatic heterocycles. The average molecular weight is 190 g/mol. The normalized spacial score (nSPS) is 28.0. The van der Waals surface area contributed by atoms with E-state index in [9.17, 15) is 0 Å². The SMILES string of the molecule is CCCC1=CC=C(C2CCCC2)C1C. The second-order valence-corrected chi connectivity index (χ2v) is 4.86.